The minimum Gasteiger partial charge on any atom is -0.295 e. The summed E-state index contributed by atoms with van der Waals surface area (Å²) in [6.45, 7) is 0. The van der Waals surface area contributed by atoms with Gasteiger partial charge in [0.25, 0.3) is 0 Å². The Hall–Kier alpha value is -1.98. The second-order valence-corrected chi connectivity index (χ2v) is 6.99. The van der Waals surface area contributed by atoms with Gasteiger partial charge in [0.2, 0.25) is 21.9 Å². The Bertz CT molecular complexity index is 633. The maximum absolute atomic E-state index is 11.8. The number of nitrogens with one attached hydrogen (secondary N) is 1. The predicted molar refractivity (Wildman–Crippen MR) is 83.5 cm³/mol. The first-order valence-electron chi connectivity index (χ1n) is 6.86. The highest BCUT2D eigenvalue weighted by Crippen LogP contribution is 2.11. The summed E-state index contributed by atoms with van der Waals surface area (Å²) in [5.41, 5.74) is 0. The van der Waals surface area contributed by atoms with E-state index in [0.29, 0.717) is 12.8 Å². The molecule has 0 radical (unpaired) electrons. The van der Waals surface area contributed by atoms with Crippen molar-refractivity contribution in [1.82, 2.24) is 14.3 Å². The van der Waals surface area contributed by atoms with Gasteiger partial charge in [-0.2, -0.15) is 0 Å². The van der Waals surface area contributed by atoms with Crippen molar-refractivity contribution in [3.8, 4) is 12.3 Å². The van der Waals surface area contributed by atoms with E-state index in [0.717, 1.165) is 23.6 Å². The van der Waals surface area contributed by atoms with Gasteiger partial charge in [0.05, 0.1) is 12.4 Å². The van der Waals surface area contributed by atoms with Crippen molar-refractivity contribution < 1.29 is 13.2 Å². The number of nitrogens with zero attached hydrogens (tertiary/aromatic N) is 3. The van der Waals surface area contributed by atoms with E-state index in [9.17, 15) is 13.2 Å². The van der Waals surface area contributed by atoms with Crippen molar-refractivity contribution >= 4 is 21.9 Å². The zero-order valence-electron chi connectivity index (χ0n) is 12.7. The number of carbonyl (C=O) groups excluding carboxylic acids is 1. The van der Waals surface area contributed by atoms with Crippen LogP contribution in [-0.2, 0) is 14.8 Å². The molecule has 1 heterocycles. The molecule has 7 nitrogen and oxygen atoms in total. The first-order valence-corrected chi connectivity index (χ1v) is 8.30. The fourth-order valence-corrected chi connectivity index (χ4v) is 2.39. The molecule has 1 rings (SSSR count). The zero-order chi connectivity index (χ0) is 16.6. The molecule has 0 aliphatic rings. The number of hydrogen-bond acceptors (Lipinski definition) is 5. The Morgan fingerprint density at radius 3 is 2.45 bits per heavy atom. The van der Waals surface area contributed by atoms with E-state index in [1.54, 1.807) is 0 Å². The number of anilines is 1. The summed E-state index contributed by atoms with van der Waals surface area (Å²) in [6.07, 6.45) is 11.1. The normalized spacial score (nSPS) is 11.2. The molecule has 1 N–H and O–H groups in total. The van der Waals surface area contributed by atoms with Crippen LogP contribution in [0.4, 0.5) is 5.95 Å². The topological polar surface area (TPSA) is 92.3 Å². The van der Waals surface area contributed by atoms with Crippen molar-refractivity contribution in [2.24, 2.45) is 0 Å². The SMILES string of the molecule is C#CCCCCCC(=O)Nc1ncc(S(=O)(=O)N(C)C)cn1. The fraction of sp³-hybridized carbons (Fsp3) is 0.500. The number of aromatic nitrogens is 2. The number of rotatable bonds is 8. The Balaban J connectivity index is 2.51. The first kappa shape index (κ1) is 18.1. The summed E-state index contributed by atoms with van der Waals surface area (Å²) in [5, 5.41) is 2.53. The molecule has 0 saturated carbocycles. The highest BCUT2D eigenvalue weighted by molar-refractivity contribution is 7.89. The lowest BCUT2D eigenvalue weighted by atomic mass is 10.1. The van der Waals surface area contributed by atoms with Gasteiger partial charge in [-0.1, -0.05) is 6.42 Å². The van der Waals surface area contributed by atoms with Gasteiger partial charge in [-0.3, -0.25) is 10.1 Å². The van der Waals surface area contributed by atoms with Gasteiger partial charge in [-0.25, -0.2) is 22.7 Å². The third kappa shape index (κ3) is 5.42. The monoisotopic (exact) mass is 324 g/mol. The molecule has 1 aromatic heterocycles. The lowest BCUT2D eigenvalue weighted by Crippen LogP contribution is -2.23. The second kappa shape index (κ2) is 8.46. The van der Waals surface area contributed by atoms with Gasteiger partial charge in [0, 0.05) is 26.9 Å². The number of hydrogen-bond donors (Lipinski definition) is 1. The molecule has 1 amide bonds. The standard InChI is InChI=1S/C14H20N4O3S/c1-4-5-6-7-8-9-13(19)17-14-15-10-12(11-16-14)22(20,21)18(2)3/h1,10-11H,5-9H2,2-3H3,(H,15,16,17,19). The number of sulfonamides is 1. The predicted octanol–water partition coefficient (Wildman–Crippen LogP) is 1.25. The molecular formula is C14H20N4O3S. The number of amides is 1. The van der Waals surface area contributed by atoms with E-state index in [1.807, 2.05) is 0 Å². The van der Waals surface area contributed by atoms with Crippen molar-refractivity contribution in [3.05, 3.63) is 12.4 Å². The summed E-state index contributed by atoms with van der Waals surface area (Å²) in [4.78, 5) is 19.4. The van der Waals surface area contributed by atoms with Crippen molar-refractivity contribution in [1.29, 1.82) is 0 Å². The third-order valence-electron chi connectivity index (χ3n) is 2.88. The van der Waals surface area contributed by atoms with Crippen LogP contribution in [0, 0.1) is 12.3 Å². The molecule has 0 aromatic carbocycles. The van der Waals surface area contributed by atoms with Crippen LogP contribution in [0.1, 0.15) is 32.1 Å². The molecule has 0 aliphatic carbocycles. The van der Waals surface area contributed by atoms with Crippen molar-refractivity contribution in [2.45, 2.75) is 37.0 Å². The van der Waals surface area contributed by atoms with Gasteiger partial charge in [0.1, 0.15) is 4.90 Å². The molecule has 0 spiro atoms. The molecule has 0 unspecified atom stereocenters. The van der Waals surface area contributed by atoms with Crippen LogP contribution in [0.25, 0.3) is 0 Å². The number of unbranched alkanes of at least 4 members (excludes halogenated alkanes) is 3. The van der Waals surface area contributed by atoms with E-state index in [1.165, 1.54) is 26.5 Å². The Morgan fingerprint density at radius 1 is 1.27 bits per heavy atom. The highest BCUT2D eigenvalue weighted by atomic mass is 32.2. The Morgan fingerprint density at radius 2 is 1.91 bits per heavy atom. The summed E-state index contributed by atoms with van der Waals surface area (Å²) >= 11 is 0. The minimum atomic E-state index is -3.57. The largest absolute Gasteiger partial charge is 0.295 e. The quantitative estimate of drug-likeness (QED) is 0.574. The molecule has 0 saturated heterocycles. The van der Waals surface area contributed by atoms with Crippen LogP contribution < -0.4 is 5.32 Å². The van der Waals surface area contributed by atoms with E-state index in [4.69, 9.17) is 6.42 Å². The van der Waals surface area contributed by atoms with E-state index >= 15 is 0 Å². The smallest absolute Gasteiger partial charge is 0.245 e. The van der Waals surface area contributed by atoms with Crippen molar-refractivity contribution in [3.63, 3.8) is 0 Å². The summed E-state index contributed by atoms with van der Waals surface area (Å²) < 4.78 is 24.7. The molecule has 0 atom stereocenters. The molecule has 22 heavy (non-hydrogen) atoms. The van der Waals surface area contributed by atoms with Crippen LogP contribution in [0.5, 0.6) is 0 Å². The highest BCUT2D eigenvalue weighted by Gasteiger charge is 2.18. The second-order valence-electron chi connectivity index (χ2n) is 4.84. The van der Waals surface area contributed by atoms with E-state index in [-0.39, 0.29) is 16.8 Å². The summed E-state index contributed by atoms with van der Waals surface area (Å²) in [6, 6.07) is 0. The maximum Gasteiger partial charge on any atom is 0.245 e. The van der Waals surface area contributed by atoms with Crippen molar-refractivity contribution in [2.75, 3.05) is 19.4 Å². The maximum atomic E-state index is 11.8. The van der Waals surface area contributed by atoms with Crippen LogP contribution in [0.2, 0.25) is 0 Å². The third-order valence-corrected chi connectivity index (χ3v) is 4.65. The lowest BCUT2D eigenvalue weighted by Gasteiger charge is -2.10. The molecule has 120 valence electrons. The summed E-state index contributed by atoms with van der Waals surface area (Å²) in [7, 11) is -0.722. The molecule has 0 fully saturated rings. The van der Waals surface area contributed by atoms with Crippen LogP contribution in [0.15, 0.2) is 17.3 Å². The van der Waals surface area contributed by atoms with Crippen LogP contribution in [-0.4, -0.2) is 42.7 Å². The molecule has 8 heteroatoms. The first-order chi connectivity index (χ1) is 10.4. The molecule has 1 aromatic rings. The molecular weight excluding hydrogens is 304 g/mol. The number of terminal acetylenes is 1. The van der Waals surface area contributed by atoms with Crippen LogP contribution in [0.3, 0.4) is 0 Å². The average molecular weight is 324 g/mol. The van der Waals surface area contributed by atoms with Gasteiger partial charge in [0.15, 0.2) is 0 Å². The van der Waals surface area contributed by atoms with Gasteiger partial charge in [-0.15, -0.1) is 12.3 Å². The number of carbonyl (C=O) groups is 1. The van der Waals surface area contributed by atoms with Gasteiger partial charge >= 0.3 is 0 Å². The van der Waals surface area contributed by atoms with E-state index in [2.05, 4.69) is 21.2 Å². The van der Waals surface area contributed by atoms with Gasteiger partial charge < -0.3 is 0 Å². The summed E-state index contributed by atoms with van der Waals surface area (Å²) in [5.74, 6) is 2.43. The Labute approximate surface area is 131 Å². The zero-order valence-corrected chi connectivity index (χ0v) is 13.6. The fourth-order valence-electron chi connectivity index (χ4n) is 1.60. The lowest BCUT2D eigenvalue weighted by molar-refractivity contribution is -0.116. The molecule has 0 bridgehead atoms. The van der Waals surface area contributed by atoms with E-state index < -0.39 is 10.0 Å². The van der Waals surface area contributed by atoms with Gasteiger partial charge in [-0.05, 0) is 12.8 Å². The molecule has 0 aliphatic heterocycles. The average Bonchev–Trinajstić information content (AvgIpc) is 2.47. The minimum absolute atomic E-state index is 0.0233. The van der Waals surface area contributed by atoms with Crippen LogP contribution >= 0.6 is 0 Å². The Kier molecular flexibility index (Phi) is 6.95.